The summed E-state index contributed by atoms with van der Waals surface area (Å²) in [6.45, 7) is 0.227. The van der Waals surface area contributed by atoms with Crippen molar-refractivity contribution in [3.63, 3.8) is 0 Å². The van der Waals surface area contributed by atoms with Crippen LogP contribution in [0.15, 0.2) is 69.4 Å². The number of amides is 1. The summed E-state index contributed by atoms with van der Waals surface area (Å²) in [5.41, 5.74) is 2.14. The largest absolute Gasteiger partial charge is 0.488 e. The minimum atomic E-state index is -0.400. The van der Waals surface area contributed by atoms with Gasteiger partial charge in [-0.3, -0.25) is 4.79 Å². The van der Waals surface area contributed by atoms with Gasteiger partial charge >= 0.3 is 5.63 Å². The molecule has 0 spiro atoms. The molecule has 4 rings (SSSR count). The summed E-state index contributed by atoms with van der Waals surface area (Å²) >= 11 is 0. The molecule has 3 aromatic rings. The molecular weight excluding hydrogens is 306 g/mol. The Morgan fingerprint density at radius 1 is 1.04 bits per heavy atom. The van der Waals surface area contributed by atoms with Gasteiger partial charge < -0.3 is 14.5 Å². The maximum Gasteiger partial charge on any atom is 0.336 e. The third kappa shape index (κ3) is 2.67. The third-order valence-electron chi connectivity index (χ3n) is 3.80. The number of anilines is 1. The van der Waals surface area contributed by atoms with Crippen LogP contribution in [-0.2, 0) is 4.79 Å². The Bertz CT molecular complexity index is 1030. The average molecular weight is 319 g/mol. The highest BCUT2D eigenvalue weighted by Gasteiger charge is 2.17. The zero-order valence-electron chi connectivity index (χ0n) is 12.6. The molecule has 0 saturated heterocycles. The van der Waals surface area contributed by atoms with E-state index in [1.54, 1.807) is 24.3 Å². The minimum absolute atomic E-state index is 0.221. The van der Waals surface area contributed by atoms with Gasteiger partial charge in [0.05, 0.1) is 5.57 Å². The normalized spacial score (nSPS) is 12.9. The lowest BCUT2D eigenvalue weighted by atomic mass is 10.1. The number of rotatable bonds is 2. The number of benzene rings is 2. The van der Waals surface area contributed by atoms with E-state index in [0.29, 0.717) is 16.8 Å². The highest BCUT2D eigenvalue weighted by atomic mass is 16.5. The minimum Gasteiger partial charge on any atom is -0.488 e. The fourth-order valence-corrected chi connectivity index (χ4v) is 2.61. The first kappa shape index (κ1) is 14.3. The van der Waals surface area contributed by atoms with E-state index in [1.165, 1.54) is 6.07 Å². The van der Waals surface area contributed by atoms with Crippen LogP contribution in [0.2, 0.25) is 0 Å². The molecule has 0 radical (unpaired) electrons. The summed E-state index contributed by atoms with van der Waals surface area (Å²) in [5.74, 6) is 0.552. The second-order valence-electron chi connectivity index (χ2n) is 5.46. The summed E-state index contributed by atoms with van der Waals surface area (Å²) in [7, 11) is 0. The van der Waals surface area contributed by atoms with E-state index >= 15 is 0 Å². The standard InChI is InChI=1S/C19H13NO4/c21-18-8-5-13-10-15(6-7-17(13)24-18)20-19(22)14-9-12-3-1-2-4-16(12)23-11-14/h1-10H,11H2,(H,20,22). The molecule has 1 aliphatic rings. The van der Waals surface area contributed by atoms with Gasteiger partial charge in [-0.1, -0.05) is 18.2 Å². The van der Waals surface area contributed by atoms with Crippen LogP contribution in [0.1, 0.15) is 5.56 Å². The summed E-state index contributed by atoms with van der Waals surface area (Å²) in [6, 6.07) is 15.7. The highest BCUT2D eigenvalue weighted by molar-refractivity contribution is 6.08. The summed E-state index contributed by atoms with van der Waals surface area (Å²) in [5, 5.41) is 3.58. The fraction of sp³-hybridized carbons (Fsp3) is 0.0526. The van der Waals surface area contributed by atoms with Crippen molar-refractivity contribution in [3.05, 3.63) is 76.2 Å². The molecule has 24 heavy (non-hydrogen) atoms. The van der Waals surface area contributed by atoms with Gasteiger partial charge in [0.2, 0.25) is 0 Å². The van der Waals surface area contributed by atoms with E-state index in [0.717, 1.165) is 16.7 Å². The average Bonchev–Trinajstić information content (AvgIpc) is 2.61. The molecule has 0 atom stereocenters. The van der Waals surface area contributed by atoms with Crippen LogP contribution in [0.5, 0.6) is 5.75 Å². The maximum absolute atomic E-state index is 12.4. The van der Waals surface area contributed by atoms with Crippen molar-refractivity contribution in [1.82, 2.24) is 0 Å². The van der Waals surface area contributed by atoms with Crippen LogP contribution in [0, 0.1) is 0 Å². The van der Waals surface area contributed by atoms with Crippen molar-refractivity contribution in [2.24, 2.45) is 0 Å². The van der Waals surface area contributed by atoms with Gasteiger partial charge in [-0.2, -0.15) is 0 Å². The van der Waals surface area contributed by atoms with Crippen molar-refractivity contribution in [2.75, 3.05) is 11.9 Å². The van der Waals surface area contributed by atoms with Gasteiger partial charge in [0.1, 0.15) is 17.9 Å². The van der Waals surface area contributed by atoms with Crippen molar-refractivity contribution < 1.29 is 13.9 Å². The number of fused-ring (bicyclic) bond motifs is 2. The second-order valence-corrected chi connectivity index (χ2v) is 5.46. The molecule has 0 aliphatic carbocycles. The summed E-state index contributed by atoms with van der Waals surface area (Å²) < 4.78 is 10.7. The maximum atomic E-state index is 12.4. The Hall–Kier alpha value is -3.34. The molecule has 0 bridgehead atoms. The van der Waals surface area contributed by atoms with Crippen LogP contribution in [0.4, 0.5) is 5.69 Å². The molecule has 118 valence electrons. The van der Waals surface area contributed by atoms with Crippen LogP contribution >= 0.6 is 0 Å². The van der Waals surface area contributed by atoms with E-state index in [9.17, 15) is 9.59 Å². The lowest BCUT2D eigenvalue weighted by molar-refractivity contribution is -0.113. The van der Waals surface area contributed by atoms with Crippen LogP contribution in [0.25, 0.3) is 17.0 Å². The highest BCUT2D eigenvalue weighted by Crippen LogP contribution is 2.26. The van der Waals surface area contributed by atoms with Crippen molar-refractivity contribution in [3.8, 4) is 5.75 Å². The monoisotopic (exact) mass is 319 g/mol. The Morgan fingerprint density at radius 3 is 2.83 bits per heavy atom. The van der Waals surface area contributed by atoms with Crippen LogP contribution < -0.4 is 15.7 Å². The first-order valence-corrected chi connectivity index (χ1v) is 7.47. The summed E-state index contributed by atoms with van der Waals surface area (Å²) in [6.07, 6.45) is 1.83. The Morgan fingerprint density at radius 2 is 1.92 bits per heavy atom. The molecule has 0 fully saturated rings. The summed E-state index contributed by atoms with van der Waals surface area (Å²) in [4.78, 5) is 23.6. The Balaban J connectivity index is 1.59. The molecular formula is C19H13NO4. The molecule has 0 unspecified atom stereocenters. The first-order valence-electron chi connectivity index (χ1n) is 7.47. The van der Waals surface area contributed by atoms with Gasteiger partial charge in [0, 0.05) is 22.7 Å². The van der Waals surface area contributed by atoms with Crippen molar-refractivity contribution in [2.45, 2.75) is 0 Å². The van der Waals surface area contributed by atoms with Gasteiger partial charge in [0.25, 0.3) is 5.91 Å². The number of carbonyl (C=O) groups is 1. The zero-order valence-corrected chi connectivity index (χ0v) is 12.6. The number of hydrogen-bond donors (Lipinski definition) is 1. The van der Waals surface area contributed by atoms with E-state index in [4.69, 9.17) is 9.15 Å². The topological polar surface area (TPSA) is 68.5 Å². The number of para-hydroxylation sites is 1. The van der Waals surface area contributed by atoms with Crippen LogP contribution in [0.3, 0.4) is 0 Å². The van der Waals surface area contributed by atoms with Crippen LogP contribution in [-0.4, -0.2) is 12.5 Å². The predicted molar refractivity (Wildman–Crippen MR) is 91.0 cm³/mol. The molecule has 5 heteroatoms. The quantitative estimate of drug-likeness (QED) is 0.737. The van der Waals surface area contributed by atoms with E-state index < -0.39 is 5.63 Å². The zero-order chi connectivity index (χ0) is 16.5. The number of ether oxygens (including phenoxy) is 1. The van der Waals surface area contributed by atoms with Gasteiger partial charge in [0.15, 0.2) is 0 Å². The van der Waals surface area contributed by atoms with Gasteiger partial charge in [-0.25, -0.2) is 4.79 Å². The second kappa shape index (κ2) is 5.70. The Labute approximate surface area is 137 Å². The third-order valence-corrected chi connectivity index (χ3v) is 3.80. The molecule has 1 aliphatic heterocycles. The lowest BCUT2D eigenvalue weighted by Crippen LogP contribution is -2.21. The van der Waals surface area contributed by atoms with E-state index in [2.05, 4.69) is 5.32 Å². The fourth-order valence-electron chi connectivity index (χ4n) is 2.61. The molecule has 1 amide bonds. The molecule has 2 aromatic carbocycles. The number of nitrogens with one attached hydrogen (secondary N) is 1. The van der Waals surface area contributed by atoms with Gasteiger partial charge in [-0.15, -0.1) is 0 Å². The lowest BCUT2D eigenvalue weighted by Gasteiger charge is -2.17. The smallest absolute Gasteiger partial charge is 0.336 e. The van der Waals surface area contributed by atoms with E-state index in [1.807, 2.05) is 30.3 Å². The molecule has 1 N–H and O–H groups in total. The predicted octanol–water partition coefficient (Wildman–Crippen LogP) is 3.21. The van der Waals surface area contributed by atoms with E-state index in [-0.39, 0.29) is 12.5 Å². The first-order chi connectivity index (χ1) is 11.7. The molecule has 5 nitrogen and oxygen atoms in total. The molecule has 2 heterocycles. The Kier molecular flexibility index (Phi) is 3.39. The SMILES string of the molecule is O=C(Nc1ccc2oc(=O)ccc2c1)C1=Cc2ccccc2OC1. The molecule has 1 aromatic heterocycles. The van der Waals surface area contributed by atoms with Gasteiger partial charge in [-0.05, 0) is 36.4 Å². The molecule has 0 saturated carbocycles. The number of carbonyl (C=O) groups excluding carboxylic acids is 1. The van der Waals surface area contributed by atoms with Crippen molar-refractivity contribution >= 4 is 28.6 Å². The number of hydrogen-bond acceptors (Lipinski definition) is 4. The van der Waals surface area contributed by atoms with Crippen molar-refractivity contribution in [1.29, 1.82) is 0 Å².